The molecule has 2 bridgehead atoms. The first-order valence-corrected chi connectivity index (χ1v) is 6.77. The van der Waals surface area contributed by atoms with Gasteiger partial charge >= 0.3 is 6.09 Å². The molecule has 0 radical (unpaired) electrons. The summed E-state index contributed by atoms with van der Waals surface area (Å²) in [6, 6.07) is 9.21. The van der Waals surface area contributed by atoms with Gasteiger partial charge in [-0.15, -0.1) is 0 Å². The third-order valence-electron chi connectivity index (χ3n) is 4.45. The Morgan fingerprint density at radius 2 is 2.00 bits per heavy atom. The highest BCUT2D eigenvalue weighted by Crippen LogP contribution is 2.53. The fraction of sp³-hybridized carbons (Fsp3) is 0.533. The minimum atomic E-state index is -0.328. The van der Waals surface area contributed by atoms with Gasteiger partial charge in [-0.25, -0.2) is 4.79 Å². The van der Waals surface area contributed by atoms with Gasteiger partial charge in [0.15, 0.2) is 0 Å². The summed E-state index contributed by atoms with van der Waals surface area (Å²) in [5, 5.41) is 2.93. The molecule has 2 saturated carbocycles. The molecule has 3 nitrogen and oxygen atoms in total. The van der Waals surface area contributed by atoms with Crippen LogP contribution in [0.15, 0.2) is 30.3 Å². The molecule has 0 spiro atoms. The summed E-state index contributed by atoms with van der Waals surface area (Å²) in [7, 11) is 0. The van der Waals surface area contributed by atoms with E-state index in [1.807, 2.05) is 18.2 Å². The minimum Gasteiger partial charge on any atom is -0.410 e. The zero-order valence-corrected chi connectivity index (χ0v) is 10.5. The Morgan fingerprint density at radius 1 is 1.28 bits per heavy atom. The lowest BCUT2D eigenvalue weighted by Crippen LogP contribution is -2.36. The molecule has 18 heavy (non-hydrogen) atoms. The second-order valence-electron chi connectivity index (χ2n) is 5.70. The molecule has 3 rings (SSSR count). The van der Waals surface area contributed by atoms with Crippen molar-refractivity contribution in [3.63, 3.8) is 0 Å². The average Bonchev–Trinajstić information content (AvgIpc) is 2.99. The molecule has 0 aliphatic heterocycles. The van der Waals surface area contributed by atoms with Crippen molar-refractivity contribution < 1.29 is 9.53 Å². The van der Waals surface area contributed by atoms with Crippen molar-refractivity contribution in [2.45, 2.75) is 32.1 Å². The Labute approximate surface area is 108 Å². The van der Waals surface area contributed by atoms with Crippen molar-refractivity contribution in [2.24, 2.45) is 11.3 Å². The van der Waals surface area contributed by atoms with Gasteiger partial charge < -0.3 is 10.1 Å². The van der Waals surface area contributed by atoms with Crippen LogP contribution in [0.25, 0.3) is 0 Å². The van der Waals surface area contributed by atoms with E-state index in [-0.39, 0.29) is 6.09 Å². The van der Waals surface area contributed by atoms with E-state index in [2.05, 4.69) is 5.32 Å². The molecular weight excluding hydrogens is 226 g/mol. The van der Waals surface area contributed by atoms with Crippen LogP contribution in [0.5, 0.6) is 5.75 Å². The van der Waals surface area contributed by atoms with Crippen molar-refractivity contribution in [3.8, 4) is 5.75 Å². The maximum Gasteiger partial charge on any atom is 0.412 e. The van der Waals surface area contributed by atoms with Crippen LogP contribution >= 0.6 is 0 Å². The Kier molecular flexibility index (Phi) is 2.98. The number of carbonyl (C=O) groups excluding carboxylic acids is 1. The van der Waals surface area contributed by atoms with Gasteiger partial charge in [0, 0.05) is 6.54 Å². The van der Waals surface area contributed by atoms with Crippen molar-refractivity contribution in [3.05, 3.63) is 30.3 Å². The molecule has 0 saturated heterocycles. The standard InChI is InChI=1S/C15H19NO2/c17-14(18-13-4-2-1-3-5-13)16-11-15-8-6-12(10-15)7-9-15/h1-5,12H,6-11H2,(H,16,17). The van der Waals surface area contributed by atoms with E-state index >= 15 is 0 Å². The van der Waals surface area contributed by atoms with E-state index < -0.39 is 0 Å². The van der Waals surface area contributed by atoms with Crippen LogP contribution in [0.4, 0.5) is 4.79 Å². The first-order valence-electron chi connectivity index (χ1n) is 6.77. The molecule has 1 aromatic rings. The Morgan fingerprint density at radius 3 is 2.61 bits per heavy atom. The molecule has 96 valence electrons. The molecule has 2 aliphatic rings. The van der Waals surface area contributed by atoms with E-state index in [0.29, 0.717) is 11.2 Å². The molecule has 1 N–H and O–H groups in total. The number of nitrogens with one attached hydrogen (secondary N) is 1. The van der Waals surface area contributed by atoms with Crippen molar-refractivity contribution in [2.75, 3.05) is 6.54 Å². The summed E-state index contributed by atoms with van der Waals surface area (Å²) in [6.07, 6.45) is 6.18. The summed E-state index contributed by atoms with van der Waals surface area (Å²) in [6.45, 7) is 0.773. The van der Waals surface area contributed by atoms with Crippen molar-refractivity contribution >= 4 is 6.09 Å². The number of benzene rings is 1. The fourth-order valence-corrected chi connectivity index (χ4v) is 3.45. The second kappa shape index (κ2) is 4.63. The Balaban J connectivity index is 1.50. The number of ether oxygens (including phenoxy) is 1. The lowest BCUT2D eigenvalue weighted by atomic mass is 9.84. The molecular formula is C15H19NO2. The highest BCUT2D eigenvalue weighted by molar-refractivity contribution is 5.70. The zero-order chi connectivity index (χ0) is 12.4. The zero-order valence-electron chi connectivity index (χ0n) is 10.5. The van der Waals surface area contributed by atoms with Crippen LogP contribution in [0.2, 0.25) is 0 Å². The van der Waals surface area contributed by atoms with Crippen LogP contribution in [-0.2, 0) is 0 Å². The predicted octanol–water partition coefficient (Wildman–Crippen LogP) is 3.36. The Bertz CT molecular complexity index is 421. The van der Waals surface area contributed by atoms with Crippen LogP contribution in [0.3, 0.4) is 0 Å². The molecule has 1 aromatic carbocycles. The van der Waals surface area contributed by atoms with Gasteiger partial charge in [0.2, 0.25) is 0 Å². The first-order chi connectivity index (χ1) is 8.76. The van der Waals surface area contributed by atoms with Crippen LogP contribution < -0.4 is 10.1 Å². The fourth-order valence-electron chi connectivity index (χ4n) is 3.45. The summed E-state index contributed by atoms with van der Waals surface area (Å²) < 4.78 is 5.23. The minimum absolute atomic E-state index is 0.328. The molecule has 0 unspecified atom stereocenters. The maximum absolute atomic E-state index is 11.7. The highest BCUT2D eigenvalue weighted by atomic mass is 16.6. The summed E-state index contributed by atoms with van der Waals surface area (Å²) in [5.74, 6) is 1.51. The van der Waals surface area contributed by atoms with E-state index in [1.165, 1.54) is 32.1 Å². The predicted molar refractivity (Wildman–Crippen MR) is 69.5 cm³/mol. The normalized spacial score (nSPS) is 29.2. The number of carbonyl (C=O) groups is 1. The number of para-hydroxylation sites is 1. The van der Waals surface area contributed by atoms with Crippen LogP contribution in [0.1, 0.15) is 32.1 Å². The molecule has 0 aromatic heterocycles. The van der Waals surface area contributed by atoms with Gasteiger partial charge in [0.25, 0.3) is 0 Å². The quantitative estimate of drug-likeness (QED) is 0.886. The average molecular weight is 245 g/mol. The number of fused-ring (bicyclic) bond motifs is 2. The van der Waals surface area contributed by atoms with Gasteiger partial charge in [-0.3, -0.25) is 0 Å². The lowest BCUT2D eigenvalue weighted by Gasteiger charge is -2.26. The van der Waals surface area contributed by atoms with Crippen LogP contribution in [0, 0.1) is 11.3 Å². The summed E-state index contributed by atoms with van der Waals surface area (Å²) in [4.78, 5) is 11.7. The third kappa shape index (κ3) is 2.35. The van der Waals surface area contributed by atoms with Gasteiger partial charge in [-0.2, -0.15) is 0 Å². The van der Waals surface area contributed by atoms with Crippen LogP contribution in [-0.4, -0.2) is 12.6 Å². The van der Waals surface area contributed by atoms with E-state index in [9.17, 15) is 4.79 Å². The topological polar surface area (TPSA) is 38.3 Å². The number of rotatable bonds is 3. The number of amides is 1. The highest BCUT2D eigenvalue weighted by Gasteiger charge is 2.44. The largest absolute Gasteiger partial charge is 0.412 e. The maximum atomic E-state index is 11.7. The van der Waals surface area contributed by atoms with E-state index in [4.69, 9.17) is 4.74 Å². The monoisotopic (exact) mass is 245 g/mol. The third-order valence-corrected chi connectivity index (χ3v) is 4.45. The van der Waals surface area contributed by atoms with Gasteiger partial charge in [0.1, 0.15) is 5.75 Å². The molecule has 1 amide bonds. The van der Waals surface area contributed by atoms with Gasteiger partial charge in [-0.05, 0) is 55.6 Å². The SMILES string of the molecule is O=C(NCC12CCC(CC1)C2)Oc1ccccc1. The molecule has 2 fully saturated rings. The van der Waals surface area contributed by atoms with E-state index in [0.717, 1.165) is 12.5 Å². The van der Waals surface area contributed by atoms with Crippen molar-refractivity contribution in [1.82, 2.24) is 5.32 Å². The van der Waals surface area contributed by atoms with Gasteiger partial charge in [0.05, 0.1) is 0 Å². The molecule has 3 heteroatoms. The lowest BCUT2D eigenvalue weighted by molar-refractivity contribution is 0.190. The Hall–Kier alpha value is -1.51. The van der Waals surface area contributed by atoms with E-state index in [1.54, 1.807) is 12.1 Å². The molecule has 0 atom stereocenters. The number of hydrogen-bond donors (Lipinski definition) is 1. The summed E-state index contributed by atoms with van der Waals surface area (Å²) >= 11 is 0. The molecule has 0 heterocycles. The smallest absolute Gasteiger partial charge is 0.410 e. The first kappa shape index (κ1) is 11.6. The summed E-state index contributed by atoms with van der Waals surface area (Å²) in [5.41, 5.74) is 0.375. The van der Waals surface area contributed by atoms with Gasteiger partial charge in [-0.1, -0.05) is 18.2 Å². The molecule has 2 aliphatic carbocycles. The second-order valence-corrected chi connectivity index (χ2v) is 5.70. The number of hydrogen-bond acceptors (Lipinski definition) is 2. The van der Waals surface area contributed by atoms with Crippen molar-refractivity contribution in [1.29, 1.82) is 0 Å².